The zero-order valence-electron chi connectivity index (χ0n) is 44.1. The lowest BCUT2D eigenvalue weighted by Gasteiger charge is -2.28. The van der Waals surface area contributed by atoms with Crippen LogP contribution < -0.4 is 30.1 Å². The maximum Gasteiger partial charge on any atom is 0.343 e. The number of benzene rings is 2. The smallest absolute Gasteiger partial charge is 0.343 e. The van der Waals surface area contributed by atoms with E-state index in [1.165, 1.54) is 63.2 Å². The summed E-state index contributed by atoms with van der Waals surface area (Å²) in [5.41, 5.74) is -1.31. The minimum absolute atomic E-state index is 0. The highest BCUT2D eigenvalue weighted by molar-refractivity contribution is 8.13. The Kier molecular flexibility index (Phi) is 28.6. The molecule has 0 unspecified atom stereocenters. The lowest BCUT2D eigenvalue weighted by molar-refractivity contribution is 0.0589. The minimum atomic E-state index is -3.81. The molecule has 2 fully saturated rings. The molecule has 2 aromatic heterocycles. The third-order valence-electron chi connectivity index (χ3n) is 11.5. The SMILES string of the molecule is C.C.CCN(CC)CC.COC(=O)c1cn(C2CC2)c2c(OC)c(N(CCO)CCO)c(F)cc2c1=O.COC(=O)c1cn(C2CC2)c2c(OC)c(N(CCOS(C)(=O)=O)CCOS(C)(=O)=O)c(F)cc2c1=O.CS(=O)(=O)Cl. The number of halogens is 3. The largest absolute Gasteiger partial charge is 0.492 e. The van der Waals surface area contributed by atoms with E-state index in [9.17, 15) is 54.6 Å². The summed E-state index contributed by atoms with van der Waals surface area (Å²) >= 11 is 0. The van der Waals surface area contributed by atoms with Gasteiger partial charge in [0.2, 0.25) is 19.9 Å². The Balaban J connectivity index is 0.000000641. The number of carbonyl (C=O) groups is 2. The number of aliphatic hydroxyl groups is 2. The molecule has 29 heteroatoms. The monoisotopic (exact) mass is 1190 g/mol. The van der Waals surface area contributed by atoms with Gasteiger partial charge in [0.15, 0.2) is 23.1 Å². The fourth-order valence-electron chi connectivity index (χ4n) is 7.84. The molecule has 444 valence electrons. The summed E-state index contributed by atoms with van der Waals surface area (Å²) in [6.07, 6.45) is 8.63. The number of hydrogen-bond donors (Lipinski definition) is 2. The highest BCUT2D eigenvalue weighted by atomic mass is 35.7. The molecule has 0 spiro atoms. The third kappa shape index (κ3) is 20.2. The number of rotatable bonds is 23. The summed E-state index contributed by atoms with van der Waals surface area (Å²) in [4.78, 5) is 55.3. The number of nitrogens with zero attached hydrogens (tertiary/aromatic N) is 5. The molecule has 78 heavy (non-hydrogen) atoms. The average molecular weight is 1190 g/mol. The Labute approximate surface area is 460 Å². The van der Waals surface area contributed by atoms with Gasteiger partial charge >= 0.3 is 11.9 Å². The lowest BCUT2D eigenvalue weighted by Crippen LogP contribution is -2.33. The molecule has 2 aromatic carbocycles. The van der Waals surface area contributed by atoms with Crippen molar-refractivity contribution >= 4 is 85.1 Å². The zero-order chi connectivity index (χ0) is 57.5. The molecule has 2 aliphatic rings. The van der Waals surface area contributed by atoms with Crippen molar-refractivity contribution in [3.63, 3.8) is 0 Å². The maximum absolute atomic E-state index is 15.6. The van der Waals surface area contributed by atoms with Crippen LogP contribution in [0.4, 0.5) is 20.2 Å². The van der Waals surface area contributed by atoms with E-state index in [1.54, 1.807) is 9.13 Å². The number of carbonyl (C=O) groups excluding carboxylic acids is 2. The van der Waals surface area contributed by atoms with Crippen LogP contribution in [0.3, 0.4) is 0 Å². The third-order valence-corrected chi connectivity index (χ3v) is 12.7. The number of aromatic nitrogens is 2. The van der Waals surface area contributed by atoms with Gasteiger partial charge in [-0.05, 0) is 57.5 Å². The second kappa shape index (κ2) is 31.6. The Morgan fingerprint density at radius 2 is 0.936 bits per heavy atom. The van der Waals surface area contributed by atoms with Gasteiger partial charge in [-0.2, -0.15) is 16.8 Å². The van der Waals surface area contributed by atoms with Crippen molar-refractivity contribution in [2.24, 2.45) is 0 Å². The van der Waals surface area contributed by atoms with Gasteiger partial charge in [-0.1, -0.05) is 35.6 Å². The minimum Gasteiger partial charge on any atom is -0.492 e. The number of fused-ring (bicyclic) bond motifs is 2. The Hall–Kier alpha value is -5.20. The van der Waals surface area contributed by atoms with E-state index in [-0.39, 0.29) is 130 Å². The van der Waals surface area contributed by atoms with Crippen molar-refractivity contribution in [3.8, 4) is 11.5 Å². The van der Waals surface area contributed by atoms with Crippen LogP contribution in [0.15, 0.2) is 34.1 Å². The van der Waals surface area contributed by atoms with Crippen LogP contribution in [-0.2, 0) is 47.1 Å². The Bertz CT molecular complexity index is 3080. The Morgan fingerprint density at radius 3 is 1.17 bits per heavy atom. The summed E-state index contributed by atoms with van der Waals surface area (Å²) in [6, 6.07) is 2.02. The second-order valence-electron chi connectivity index (χ2n) is 17.1. The molecule has 23 nitrogen and oxygen atoms in total. The van der Waals surface area contributed by atoms with Crippen LogP contribution in [0.5, 0.6) is 11.5 Å². The number of pyridine rings is 2. The molecule has 0 radical (unpaired) electrons. The molecular formula is C49H76ClF2N5O18S3. The molecule has 4 aromatic rings. The second-order valence-corrected chi connectivity index (χ2v) is 23.4. The number of aliphatic hydroxyl groups excluding tert-OH is 2. The van der Waals surface area contributed by atoms with Crippen LogP contribution >= 0.6 is 10.7 Å². The number of ether oxygens (including phenoxy) is 4. The van der Waals surface area contributed by atoms with E-state index in [0.29, 0.717) is 5.52 Å². The first-order chi connectivity index (χ1) is 35.6. The number of esters is 2. The van der Waals surface area contributed by atoms with E-state index >= 15 is 8.78 Å². The van der Waals surface area contributed by atoms with Gasteiger partial charge in [0.05, 0.1) is 95.4 Å². The van der Waals surface area contributed by atoms with Crippen LogP contribution in [-0.4, -0.2) is 181 Å². The molecule has 0 bridgehead atoms. The van der Waals surface area contributed by atoms with Gasteiger partial charge in [-0.25, -0.2) is 26.8 Å². The van der Waals surface area contributed by atoms with Crippen molar-refractivity contribution < 1.29 is 81.1 Å². The van der Waals surface area contributed by atoms with E-state index in [1.807, 2.05) is 0 Å². The summed E-state index contributed by atoms with van der Waals surface area (Å²) in [7, 11) is -1.36. The standard InChI is InChI=1S/C21H27FN2O10S2.C19H23FN2O6.C6H15N.CH3ClO2S.2CH4/c1-31-20-17-14(19(25)15(21(26)32-2)12-24(17)13-5-6-13)11-16(22)18(20)23(7-9-33-35(3,27)28)8-10-34-36(4,29)30;1-27-18-15-12(9-14(20)16(18)21(5-7-23)6-8-24)17(25)13(19(26)28-2)10-22(15)11-3-4-11;1-4-7(5-2)6-3;1-5(2,3)4;;/h11-13H,5-10H2,1-4H3;9-11,23-24H,3-8H2,1-2H3;4-6H2,1-3H3;1H3;2*1H4. The van der Waals surface area contributed by atoms with Crippen molar-refractivity contribution in [2.75, 3.05) is 129 Å². The topological polar surface area (TPSA) is 286 Å². The lowest BCUT2D eigenvalue weighted by atomic mass is 10.1. The van der Waals surface area contributed by atoms with Gasteiger partial charge < -0.3 is 53.0 Å². The first-order valence-electron chi connectivity index (χ1n) is 23.7. The van der Waals surface area contributed by atoms with Crippen molar-refractivity contribution in [1.82, 2.24) is 14.0 Å². The van der Waals surface area contributed by atoms with Crippen LogP contribution in [0.25, 0.3) is 21.8 Å². The van der Waals surface area contributed by atoms with Crippen LogP contribution in [0.2, 0.25) is 0 Å². The van der Waals surface area contributed by atoms with E-state index in [2.05, 4.69) is 36.4 Å². The van der Waals surface area contributed by atoms with Crippen LogP contribution in [0, 0.1) is 11.6 Å². The molecule has 2 saturated carbocycles. The van der Waals surface area contributed by atoms with Gasteiger partial charge in [-0.3, -0.25) is 18.0 Å². The average Bonchev–Trinajstić information content (AvgIpc) is 4.29. The summed E-state index contributed by atoms with van der Waals surface area (Å²) in [5, 5.41) is 18.5. The molecule has 0 atom stereocenters. The van der Waals surface area contributed by atoms with Crippen molar-refractivity contribution in [1.29, 1.82) is 0 Å². The van der Waals surface area contributed by atoms with E-state index < -0.39 is 63.7 Å². The fraction of sp³-hybridized carbons (Fsp3) is 0.592. The predicted molar refractivity (Wildman–Crippen MR) is 296 cm³/mol. The summed E-state index contributed by atoms with van der Waals surface area (Å²) < 4.78 is 128. The Morgan fingerprint density at radius 1 is 0.628 bits per heavy atom. The van der Waals surface area contributed by atoms with E-state index in [0.717, 1.165) is 63.7 Å². The van der Waals surface area contributed by atoms with Gasteiger partial charge in [0.1, 0.15) is 22.5 Å². The first-order valence-corrected chi connectivity index (χ1v) is 30.0. The van der Waals surface area contributed by atoms with Gasteiger partial charge in [0, 0.05) is 61.3 Å². The fourth-order valence-corrected chi connectivity index (χ4v) is 8.59. The van der Waals surface area contributed by atoms with Gasteiger partial charge in [-0.15, -0.1) is 0 Å². The van der Waals surface area contributed by atoms with Gasteiger partial charge in [0.25, 0.3) is 20.2 Å². The quantitative estimate of drug-likeness (QED) is 0.0567. The summed E-state index contributed by atoms with van der Waals surface area (Å²) in [6.45, 7) is 8.64. The first kappa shape index (κ1) is 70.8. The molecule has 0 saturated heterocycles. The zero-order valence-corrected chi connectivity index (χ0v) is 47.3. The highest BCUT2D eigenvalue weighted by Crippen LogP contribution is 2.45. The maximum atomic E-state index is 15.6. The predicted octanol–water partition coefficient (Wildman–Crippen LogP) is 4.90. The molecule has 0 amide bonds. The van der Waals surface area contributed by atoms with Crippen molar-refractivity contribution in [3.05, 3.63) is 67.7 Å². The molecule has 6 rings (SSSR count). The number of methoxy groups -OCH3 is 4. The van der Waals surface area contributed by atoms with Crippen LogP contribution in [0.1, 0.15) is 94.1 Å². The van der Waals surface area contributed by atoms with E-state index in [4.69, 9.17) is 27.3 Å². The molecule has 2 heterocycles. The molecule has 0 aliphatic heterocycles. The molecule has 2 N–H and O–H groups in total. The van der Waals surface area contributed by atoms with Crippen molar-refractivity contribution in [2.45, 2.75) is 73.4 Å². The molecule has 2 aliphatic carbocycles. The highest BCUT2D eigenvalue weighted by Gasteiger charge is 2.33. The number of hydrogen-bond acceptors (Lipinski definition) is 21. The number of anilines is 2. The summed E-state index contributed by atoms with van der Waals surface area (Å²) in [5.74, 6) is -3.24. The normalized spacial score (nSPS) is 13.1. The molecular weight excluding hydrogens is 1120 g/mol.